The number of hydrogen-bond acceptors (Lipinski definition) is 4. The number of aromatic nitrogens is 2. The molecule has 0 atom stereocenters. The van der Waals surface area contributed by atoms with E-state index in [-0.39, 0.29) is 0 Å². The van der Waals surface area contributed by atoms with E-state index in [1.165, 1.54) is 11.1 Å². The van der Waals surface area contributed by atoms with E-state index >= 15 is 0 Å². The van der Waals surface area contributed by atoms with E-state index in [2.05, 4.69) is 75.5 Å². The minimum absolute atomic E-state index is 0.350. The van der Waals surface area contributed by atoms with Gasteiger partial charge in [0.2, 0.25) is 0 Å². The van der Waals surface area contributed by atoms with Crippen molar-refractivity contribution in [3.8, 4) is 0 Å². The summed E-state index contributed by atoms with van der Waals surface area (Å²) in [4.78, 5) is 11.0. The molecule has 1 aromatic heterocycles. The van der Waals surface area contributed by atoms with Gasteiger partial charge in [-0.2, -0.15) is 0 Å². The molecule has 1 aliphatic rings. The Hall–Kier alpha value is -2.72. The molecule has 0 radical (unpaired) electrons. The van der Waals surface area contributed by atoms with Crippen LogP contribution in [0.5, 0.6) is 0 Å². The summed E-state index contributed by atoms with van der Waals surface area (Å²) in [5, 5.41) is 0. The highest BCUT2D eigenvalue weighted by Crippen LogP contribution is 2.28. The van der Waals surface area contributed by atoms with Gasteiger partial charge in [0.05, 0.1) is 5.69 Å². The Labute approximate surface area is 148 Å². The van der Waals surface area contributed by atoms with Gasteiger partial charge in [0, 0.05) is 31.1 Å². The summed E-state index contributed by atoms with van der Waals surface area (Å²) in [5.74, 6) is 0.982. The lowest BCUT2D eigenvalue weighted by atomic mass is 9.90. The Morgan fingerprint density at radius 2 is 1.56 bits per heavy atom. The Kier molecular flexibility index (Phi) is 4.44. The standard InChI is InChI=1S/C21H22N4/c22-21-18-11-12-25(14-20(18)23-15-24-21)13-19(16-7-3-1-4-8-16)17-9-5-2-6-10-17/h1-10,15,19H,11-14H2,(H2,22,23,24). The first kappa shape index (κ1) is 15.8. The molecule has 4 rings (SSSR count). The number of hydrogen-bond donors (Lipinski definition) is 1. The molecule has 0 bridgehead atoms. The third-order valence-electron chi connectivity index (χ3n) is 4.96. The minimum Gasteiger partial charge on any atom is -0.383 e. The monoisotopic (exact) mass is 330 g/mol. The van der Waals surface area contributed by atoms with Crippen molar-refractivity contribution in [1.82, 2.24) is 14.9 Å². The third-order valence-corrected chi connectivity index (χ3v) is 4.96. The van der Waals surface area contributed by atoms with Crippen LogP contribution in [0.1, 0.15) is 28.3 Å². The molecular weight excluding hydrogens is 308 g/mol. The molecule has 0 saturated heterocycles. The fourth-order valence-corrected chi connectivity index (χ4v) is 3.62. The second-order valence-electron chi connectivity index (χ2n) is 6.54. The Bertz CT molecular complexity index is 794. The van der Waals surface area contributed by atoms with Crippen molar-refractivity contribution < 1.29 is 0 Å². The van der Waals surface area contributed by atoms with Crippen LogP contribution in [0.15, 0.2) is 67.0 Å². The maximum atomic E-state index is 6.00. The van der Waals surface area contributed by atoms with Crippen LogP contribution in [-0.2, 0) is 13.0 Å². The molecule has 0 amide bonds. The van der Waals surface area contributed by atoms with Gasteiger partial charge < -0.3 is 5.73 Å². The Balaban J connectivity index is 1.60. The fraction of sp³-hybridized carbons (Fsp3) is 0.238. The fourth-order valence-electron chi connectivity index (χ4n) is 3.62. The van der Waals surface area contributed by atoms with E-state index in [1.54, 1.807) is 6.33 Å². The van der Waals surface area contributed by atoms with E-state index in [0.29, 0.717) is 11.7 Å². The summed E-state index contributed by atoms with van der Waals surface area (Å²) in [6, 6.07) is 21.5. The largest absolute Gasteiger partial charge is 0.383 e. The molecule has 25 heavy (non-hydrogen) atoms. The number of benzene rings is 2. The zero-order chi connectivity index (χ0) is 17.1. The first-order valence-electron chi connectivity index (χ1n) is 8.72. The normalized spacial score (nSPS) is 14.4. The highest BCUT2D eigenvalue weighted by atomic mass is 15.1. The van der Waals surface area contributed by atoms with E-state index in [9.17, 15) is 0 Å². The van der Waals surface area contributed by atoms with Crippen molar-refractivity contribution >= 4 is 5.82 Å². The molecule has 4 heteroatoms. The lowest BCUT2D eigenvalue weighted by Crippen LogP contribution is -2.35. The number of nitrogen functional groups attached to an aromatic ring is 1. The number of nitrogens with two attached hydrogens (primary N) is 1. The summed E-state index contributed by atoms with van der Waals surface area (Å²) in [7, 11) is 0. The summed E-state index contributed by atoms with van der Waals surface area (Å²) < 4.78 is 0. The topological polar surface area (TPSA) is 55.0 Å². The molecule has 0 aliphatic carbocycles. The highest BCUT2D eigenvalue weighted by Gasteiger charge is 2.23. The summed E-state index contributed by atoms with van der Waals surface area (Å²) in [6.07, 6.45) is 2.49. The van der Waals surface area contributed by atoms with Gasteiger partial charge in [0.25, 0.3) is 0 Å². The molecule has 2 aromatic carbocycles. The molecule has 3 aromatic rings. The zero-order valence-corrected chi connectivity index (χ0v) is 14.2. The van der Waals surface area contributed by atoms with Gasteiger partial charge in [0.1, 0.15) is 12.1 Å². The van der Waals surface area contributed by atoms with Crippen molar-refractivity contribution in [3.05, 3.63) is 89.4 Å². The maximum Gasteiger partial charge on any atom is 0.130 e. The second-order valence-corrected chi connectivity index (χ2v) is 6.54. The summed E-state index contributed by atoms with van der Waals surface area (Å²) >= 11 is 0. The van der Waals surface area contributed by atoms with Crippen molar-refractivity contribution in [1.29, 1.82) is 0 Å². The summed E-state index contributed by atoms with van der Waals surface area (Å²) in [6.45, 7) is 2.79. The second kappa shape index (κ2) is 7.03. The molecule has 0 fully saturated rings. The predicted octanol–water partition coefficient (Wildman–Crippen LogP) is 3.25. The van der Waals surface area contributed by atoms with Crippen LogP contribution < -0.4 is 5.73 Å². The minimum atomic E-state index is 0.350. The summed E-state index contributed by atoms with van der Waals surface area (Å²) in [5.41, 5.74) is 10.9. The first-order valence-corrected chi connectivity index (χ1v) is 8.72. The van der Waals surface area contributed by atoms with Crippen LogP contribution in [0.3, 0.4) is 0 Å². The van der Waals surface area contributed by atoms with E-state index < -0.39 is 0 Å². The van der Waals surface area contributed by atoms with Gasteiger partial charge in [0.15, 0.2) is 0 Å². The number of rotatable bonds is 4. The number of anilines is 1. The molecule has 0 spiro atoms. The number of fused-ring (bicyclic) bond motifs is 1. The highest BCUT2D eigenvalue weighted by molar-refractivity contribution is 5.42. The SMILES string of the molecule is Nc1ncnc2c1CCN(CC(c1ccccc1)c1ccccc1)C2. The van der Waals surface area contributed by atoms with Crippen LogP contribution in [0, 0.1) is 0 Å². The van der Waals surface area contributed by atoms with Crippen LogP contribution in [0.25, 0.3) is 0 Å². The molecule has 2 N–H and O–H groups in total. The third kappa shape index (κ3) is 3.39. The molecule has 0 saturated carbocycles. The van der Waals surface area contributed by atoms with Gasteiger partial charge in [-0.15, -0.1) is 0 Å². The zero-order valence-electron chi connectivity index (χ0n) is 14.2. The molecular formula is C21H22N4. The predicted molar refractivity (Wildman–Crippen MR) is 100 cm³/mol. The van der Waals surface area contributed by atoms with Crippen LogP contribution in [0.2, 0.25) is 0 Å². The van der Waals surface area contributed by atoms with Crippen LogP contribution in [0.4, 0.5) is 5.82 Å². The number of nitrogens with zero attached hydrogens (tertiary/aromatic N) is 3. The van der Waals surface area contributed by atoms with Crippen LogP contribution >= 0.6 is 0 Å². The van der Waals surface area contributed by atoms with E-state index in [4.69, 9.17) is 5.73 Å². The van der Waals surface area contributed by atoms with Crippen LogP contribution in [-0.4, -0.2) is 28.0 Å². The van der Waals surface area contributed by atoms with Crippen molar-refractivity contribution in [2.45, 2.75) is 18.9 Å². The molecule has 2 heterocycles. The van der Waals surface area contributed by atoms with Crippen molar-refractivity contribution in [2.75, 3.05) is 18.8 Å². The lowest BCUT2D eigenvalue weighted by Gasteiger charge is -2.32. The average Bonchev–Trinajstić information content (AvgIpc) is 2.68. The van der Waals surface area contributed by atoms with Gasteiger partial charge in [-0.05, 0) is 17.5 Å². The van der Waals surface area contributed by atoms with Gasteiger partial charge in [-0.25, -0.2) is 9.97 Å². The Morgan fingerprint density at radius 1 is 0.920 bits per heavy atom. The van der Waals surface area contributed by atoms with Crippen molar-refractivity contribution in [3.63, 3.8) is 0 Å². The van der Waals surface area contributed by atoms with Gasteiger partial charge in [-0.3, -0.25) is 4.90 Å². The molecule has 126 valence electrons. The molecule has 4 nitrogen and oxygen atoms in total. The first-order chi connectivity index (χ1) is 12.3. The quantitative estimate of drug-likeness (QED) is 0.798. The average molecular weight is 330 g/mol. The van der Waals surface area contributed by atoms with Gasteiger partial charge >= 0.3 is 0 Å². The Morgan fingerprint density at radius 3 is 2.20 bits per heavy atom. The molecule has 1 aliphatic heterocycles. The van der Waals surface area contributed by atoms with E-state index in [0.717, 1.165) is 37.3 Å². The van der Waals surface area contributed by atoms with Crippen molar-refractivity contribution in [2.24, 2.45) is 0 Å². The molecule has 0 unspecified atom stereocenters. The van der Waals surface area contributed by atoms with Gasteiger partial charge in [-0.1, -0.05) is 60.7 Å². The smallest absolute Gasteiger partial charge is 0.130 e. The van der Waals surface area contributed by atoms with E-state index in [1.807, 2.05) is 0 Å². The maximum absolute atomic E-state index is 6.00. The lowest BCUT2D eigenvalue weighted by molar-refractivity contribution is 0.242.